The fraction of sp³-hybridized carbons (Fsp3) is 0.158. The molecule has 6 heteroatoms. The highest BCUT2D eigenvalue weighted by Crippen LogP contribution is 2.27. The number of rotatable bonds is 4. The molecule has 1 N–H and O–H groups in total. The minimum absolute atomic E-state index is 0.227. The molecule has 5 nitrogen and oxygen atoms in total. The summed E-state index contributed by atoms with van der Waals surface area (Å²) in [5, 5.41) is 1.88. The first-order chi connectivity index (χ1) is 12.1. The molecule has 1 aliphatic rings. The highest BCUT2D eigenvalue weighted by Gasteiger charge is 2.20. The number of hydrogen-bond donors (Lipinski definition) is 1. The van der Waals surface area contributed by atoms with E-state index in [1.165, 1.54) is 0 Å². The van der Waals surface area contributed by atoms with E-state index < -0.39 is 16.3 Å². The van der Waals surface area contributed by atoms with Crippen LogP contribution in [-0.4, -0.2) is 21.6 Å². The first-order valence-electron chi connectivity index (χ1n) is 7.97. The van der Waals surface area contributed by atoms with Crippen LogP contribution in [0.4, 0.5) is 5.69 Å². The van der Waals surface area contributed by atoms with E-state index in [2.05, 4.69) is 4.72 Å². The number of hydrogen-bond acceptors (Lipinski definition) is 4. The molecule has 1 aliphatic heterocycles. The summed E-state index contributed by atoms with van der Waals surface area (Å²) < 4.78 is 38.9. The van der Waals surface area contributed by atoms with Gasteiger partial charge in [0, 0.05) is 11.3 Å². The number of nitrogens with one attached hydrogen (secondary N) is 1. The summed E-state index contributed by atoms with van der Waals surface area (Å²) >= 11 is 0. The minimum atomic E-state index is -3.68. The Morgan fingerprint density at radius 3 is 2.40 bits per heavy atom. The van der Waals surface area contributed by atoms with Gasteiger partial charge in [0.15, 0.2) is 6.29 Å². The molecule has 0 aromatic heterocycles. The lowest BCUT2D eigenvalue weighted by atomic mass is 10.1. The molecule has 4 rings (SSSR count). The minimum Gasteiger partial charge on any atom is -0.346 e. The van der Waals surface area contributed by atoms with E-state index in [9.17, 15) is 8.42 Å². The van der Waals surface area contributed by atoms with Crippen molar-refractivity contribution in [3.05, 3.63) is 72.3 Å². The van der Waals surface area contributed by atoms with E-state index in [1.807, 2.05) is 30.3 Å². The number of anilines is 1. The van der Waals surface area contributed by atoms with Gasteiger partial charge in [0.25, 0.3) is 10.0 Å². The Bertz CT molecular complexity index is 1010. The smallest absolute Gasteiger partial charge is 0.261 e. The van der Waals surface area contributed by atoms with Gasteiger partial charge < -0.3 is 9.47 Å². The summed E-state index contributed by atoms with van der Waals surface area (Å²) in [7, 11) is -3.68. The van der Waals surface area contributed by atoms with Crippen LogP contribution in [0.1, 0.15) is 11.9 Å². The van der Waals surface area contributed by atoms with Crippen molar-refractivity contribution in [2.75, 3.05) is 17.9 Å². The molecule has 0 amide bonds. The van der Waals surface area contributed by atoms with E-state index in [4.69, 9.17) is 9.47 Å². The molecule has 3 aromatic carbocycles. The van der Waals surface area contributed by atoms with Crippen molar-refractivity contribution in [3.63, 3.8) is 0 Å². The fourth-order valence-electron chi connectivity index (χ4n) is 2.85. The van der Waals surface area contributed by atoms with Gasteiger partial charge in [-0.05, 0) is 35.0 Å². The molecule has 128 valence electrons. The molecule has 0 saturated carbocycles. The Morgan fingerprint density at radius 1 is 0.840 bits per heavy atom. The summed E-state index contributed by atoms with van der Waals surface area (Å²) in [4.78, 5) is 0.227. The van der Waals surface area contributed by atoms with Gasteiger partial charge >= 0.3 is 0 Å². The molecule has 1 fully saturated rings. The van der Waals surface area contributed by atoms with Gasteiger partial charge in [-0.25, -0.2) is 8.42 Å². The average molecular weight is 355 g/mol. The zero-order valence-electron chi connectivity index (χ0n) is 13.4. The first kappa shape index (κ1) is 16.1. The van der Waals surface area contributed by atoms with Gasteiger partial charge in [-0.15, -0.1) is 0 Å². The average Bonchev–Trinajstić information content (AvgIpc) is 3.16. The molecule has 1 saturated heterocycles. The van der Waals surface area contributed by atoms with Crippen molar-refractivity contribution in [3.8, 4) is 0 Å². The van der Waals surface area contributed by atoms with Crippen LogP contribution in [0.5, 0.6) is 0 Å². The molecule has 1 heterocycles. The second-order valence-electron chi connectivity index (χ2n) is 5.81. The predicted octanol–water partition coefficient (Wildman–Crippen LogP) is 3.69. The van der Waals surface area contributed by atoms with Crippen LogP contribution >= 0.6 is 0 Å². The van der Waals surface area contributed by atoms with Crippen LogP contribution in [0, 0.1) is 0 Å². The Balaban J connectivity index is 1.63. The largest absolute Gasteiger partial charge is 0.346 e. The number of sulfonamides is 1. The summed E-state index contributed by atoms with van der Waals surface area (Å²) in [5.74, 6) is 0. The molecule has 0 spiro atoms. The Labute approximate surface area is 146 Å². The Kier molecular flexibility index (Phi) is 4.17. The molecule has 0 atom stereocenters. The molecular weight excluding hydrogens is 338 g/mol. The van der Waals surface area contributed by atoms with Gasteiger partial charge in [-0.1, -0.05) is 42.5 Å². The Hall–Kier alpha value is -2.41. The predicted molar refractivity (Wildman–Crippen MR) is 95.8 cm³/mol. The highest BCUT2D eigenvalue weighted by molar-refractivity contribution is 7.92. The summed E-state index contributed by atoms with van der Waals surface area (Å²) in [5.41, 5.74) is 1.26. The van der Waals surface area contributed by atoms with Gasteiger partial charge in [0.05, 0.1) is 18.1 Å². The third-order valence-electron chi connectivity index (χ3n) is 4.06. The zero-order valence-corrected chi connectivity index (χ0v) is 14.2. The zero-order chi connectivity index (χ0) is 17.3. The fourth-order valence-corrected chi connectivity index (χ4v) is 3.93. The van der Waals surface area contributed by atoms with E-state index in [0.29, 0.717) is 18.9 Å². The molecular formula is C19H17NO4S. The standard InChI is InChI=1S/C19H17NO4S/c21-25(22,18-9-8-14-4-1-2-5-15(14)13-18)20-17-7-3-6-16(12-17)19-23-10-11-24-19/h1-9,12-13,19-20H,10-11H2. The SMILES string of the molecule is O=S(=O)(Nc1cccc(C2OCCO2)c1)c1ccc2ccccc2c1. The number of fused-ring (bicyclic) bond motifs is 1. The second-order valence-corrected chi connectivity index (χ2v) is 7.50. The van der Waals surface area contributed by atoms with E-state index in [-0.39, 0.29) is 4.90 Å². The van der Waals surface area contributed by atoms with Crippen molar-refractivity contribution in [1.29, 1.82) is 0 Å². The maximum absolute atomic E-state index is 12.7. The van der Waals surface area contributed by atoms with Crippen LogP contribution in [0.2, 0.25) is 0 Å². The van der Waals surface area contributed by atoms with Crippen molar-refractivity contribution in [2.45, 2.75) is 11.2 Å². The van der Waals surface area contributed by atoms with Gasteiger partial charge in [-0.2, -0.15) is 0 Å². The maximum Gasteiger partial charge on any atom is 0.261 e. The number of ether oxygens (including phenoxy) is 2. The lowest BCUT2D eigenvalue weighted by Crippen LogP contribution is -2.13. The van der Waals surface area contributed by atoms with Crippen LogP contribution in [0.3, 0.4) is 0 Å². The Morgan fingerprint density at radius 2 is 1.60 bits per heavy atom. The number of benzene rings is 3. The van der Waals surface area contributed by atoms with Crippen molar-refractivity contribution >= 4 is 26.5 Å². The normalized spacial score (nSPS) is 15.5. The summed E-state index contributed by atoms with van der Waals surface area (Å²) in [6, 6.07) is 19.8. The molecule has 0 aliphatic carbocycles. The van der Waals surface area contributed by atoms with Crippen molar-refractivity contribution in [1.82, 2.24) is 0 Å². The molecule has 3 aromatic rings. The van der Waals surface area contributed by atoms with Crippen molar-refractivity contribution in [2.24, 2.45) is 0 Å². The lowest BCUT2D eigenvalue weighted by molar-refractivity contribution is -0.0440. The van der Waals surface area contributed by atoms with Crippen LogP contribution < -0.4 is 4.72 Å². The quantitative estimate of drug-likeness (QED) is 0.775. The van der Waals surface area contributed by atoms with Crippen LogP contribution in [0.25, 0.3) is 10.8 Å². The topological polar surface area (TPSA) is 64.6 Å². The van der Waals surface area contributed by atoms with E-state index in [1.54, 1.807) is 36.4 Å². The molecule has 0 radical (unpaired) electrons. The molecule has 25 heavy (non-hydrogen) atoms. The molecule has 0 unspecified atom stereocenters. The second kappa shape index (κ2) is 6.48. The van der Waals surface area contributed by atoms with Gasteiger partial charge in [-0.3, -0.25) is 4.72 Å². The monoisotopic (exact) mass is 355 g/mol. The van der Waals surface area contributed by atoms with Crippen molar-refractivity contribution < 1.29 is 17.9 Å². The van der Waals surface area contributed by atoms with E-state index in [0.717, 1.165) is 16.3 Å². The highest BCUT2D eigenvalue weighted by atomic mass is 32.2. The lowest BCUT2D eigenvalue weighted by Gasteiger charge is -2.13. The summed E-state index contributed by atoms with van der Waals surface area (Å²) in [6.07, 6.45) is -0.440. The summed E-state index contributed by atoms with van der Waals surface area (Å²) in [6.45, 7) is 1.08. The van der Waals surface area contributed by atoms with Gasteiger partial charge in [0.2, 0.25) is 0 Å². The first-order valence-corrected chi connectivity index (χ1v) is 9.45. The van der Waals surface area contributed by atoms with Crippen LogP contribution in [0.15, 0.2) is 71.6 Å². The third kappa shape index (κ3) is 3.37. The van der Waals surface area contributed by atoms with Gasteiger partial charge in [0.1, 0.15) is 0 Å². The van der Waals surface area contributed by atoms with Crippen LogP contribution in [-0.2, 0) is 19.5 Å². The van der Waals surface area contributed by atoms with E-state index >= 15 is 0 Å². The molecule has 0 bridgehead atoms. The maximum atomic E-state index is 12.7. The third-order valence-corrected chi connectivity index (χ3v) is 5.44.